The van der Waals surface area contributed by atoms with Gasteiger partial charge in [0.2, 0.25) is 11.7 Å². The van der Waals surface area contributed by atoms with Gasteiger partial charge in [-0.15, -0.1) is 5.10 Å². The van der Waals surface area contributed by atoms with E-state index in [1.165, 1.54) is 4.52 Å². The molecule has 2 amide bonds. The Morgan fingerprint density at radius 1 is 1.08 bits per heavy atom. The van der Waals surface area contributed by atoms with E-state index in [-0.39, 0.29) is 46.2 Å². The third-order valence-corrected chi connectivity index (χ3v) is 10.5. The fourth-order valence-electron chi connectivity index (χ4n) is 7.68. The molecular formula is C37H36ClF3N8O4. The Kier molecular flexibility index (Phi) is 9.49. The molecule has 1 unspecified atom stereocenters. The molecule has 5 aromatic rings. The molecule has 2 aliphatic rings. The fraction of sp³-hybridized carbons (Fsp3) is 0.351. The van der Waals surface area contributed by atoms with Crippen molar-refractivity contribution in [2.24, 2.45) is 0 Å². The molecule has 1 aliphatic carbocycles. The van der Waals surface area contributed by atoms with Crippen molar-refractivity contribution in [1.29, 1.82) is 0 Å². The summed E-state index contributed by atoms with van der Waals surface area (Å²) in [6.45, 7) is 3.25. The smallest absolute Gasteiger partial charge is 0.380 e. The van der Waals surface area contributed by atoms with E-state index in [2.05, 4.69) is 25.6 Å². The zero-order valence-corrected chi connectivity index (χ0v) is 29.9. The van der Waals surface area contributed by atoms with Gasteiger partial charge in [-0.25, -0.2) is 4.98 Å². The number of halogens is 4. The highest BCUT2D eigenvalue weighted by molar-refractivity contribution is 6.33. The maximum atomic E-state index is 14.6. The third kappa shape index (κ3) is 6.74. The third-order valence-electron chi connectivity index (χ3n) is 10.2. The summed E-state index contributed by atoms with van der Waals surface area (Å²) in [5.74, 6) is 0.171. The molecule has 16 heteroatoms. The number of anilines is 2. The van der Waals surface area contributed by atoms with Crippen LogP contribution in [-0.2, 0) is 34.3 Å². The van der Waals surface area contributed by atoms with Gasteiger partial charge in [-0.05, 0) is 61.1 Å². The van der Waals surface area contributed by atoms with Crippen LogP contribution in [0.15, 0.2) is 65.6 Å². The number of amides is 2. The maximum absolute atomic E-state index is 14.6. The van der Waals surface area contributed by atoms with E-state index in [1.54, 1.807) is 37.1 Å². The second-order valence-electron chi connectivity index (χ2n) is 13.5. The lowest BCUT2D eigenvalue weighted by Gasteiger charge is -2.40. The minimum Gasteiger partial charge on any atom is -0.380 e. The summed E-state index contributed by atoms with van der Waals surface area (Å²) in [5.41, 5.74) is 1.54. The maximum Gasteiger partial charge on any atom is 0.416 e. The monoisotopic (exact) mass is 748 g/mol. The molecule has 12 nitrogen and oxygen atoms in total. The summed E-state index contributed by atoms with van der Waals surface area (Å²) in [4.78, 5) is 51.9. The first kappa shape index (κ1) is 36.1. The SMILES string of the molecule is CNC(=O)c1ccnc(N2CCC3(CC2)CC(C)c2c3c(=O)n3nc(-c4ccc(COC)cc4)nc3n2CC(=O)Nc2ccc(C(F)(F)F)cc2Cl)c1. The van der Waals surface area contributed by atoms with E-state index in [0.717, 1.165) is 23.8 Å². The molecule has 7 rings (SSSR count). The van der Waals surface area contributed by atoms with Crippen molar-refractivity contribution < 1.29 is 27.5 Å². The van der Waals surface area contributed by atoms with Crippen LogP contribution in [0, 0.1) is 0 Å². The summed E-state index contributed by atoms with van der Waals surface area (Å²) in [5, 5.41) is 9.67. The van der Waals surface area contributed by atoms with Gasteiger partial charge in [0, 0.05) is 61.2 Å². The molecular weight excluding hydrogens is 713 g/mol. The number of hydrogen-bond acceptors (Lipinski definition) is 8. The van der Waals surface area contributed by atoms with Gasteiger partial charge in [0.1, 0.15) is 12.4 Å². The number of piperidine rings is 1. The van der Waals surface area contributed by atoms with Gasteiger partial charge < -0.3 is 24.8 Å². The molecule has 0 bridgehead atoms. The van der Waals surface area contributed by atoms with Gasteiger partial charge in [0.05, 0.1) is 22.9 Å². The molecule has 276 valence electrons. The number of aromatic nitrogens is 5. The zero-order chi connectivity index (χ0) is 37.7. The molecule has 1 spiro atoms. The average molecular weight is 749 g/mol. The lowest BCUT2D eigenvalue weighted by atomic mass is 9.73. The van der Waals surface area contributed by atoms with E-state index in [9.17, 15) is 27.6 Å². The summed E-state index contributed by atoms with van der Waals surface area (Å²) >= 11 is 6.18. The van der Waals surface area contributed by atoms with Gasteiger partial charge in [-0.1, -0.05) is 42.8 Å². The number of carbonyl (C=O) groups is 2. The largest absolute Gasteiger partial charge is 0.416 e. The molecule has 1 atom stereocenters. The Morgan fingerprint density at radius 2 is 1.81 bits per heavy atom. The van der Waals surface area contributed by atoms with Gasteiger partial charge in [0.25, 0.3) is 11.5 Å². The number of rotatable bonds is 8. The Hall–Kier alpha value is -5.28. The highest BCUT2D eigenvalue weighted by Crippen LogP contribution is 2.50. The summed E-state index contributed by atoms with van der Waals surface area (Å²) < 4.78 is 48.0. The van der Waals surface area contributed by atoms with Crippen molar-refractivity contribution in [3.8, 4) is 11.4 Å². The highest BCUT2D eigenvalue weighted by atomic mass is 35.5. The van der Waals surface area contributed by atoms with Crippen LogP contribution < -0.4 is 21.1 Å². The number of alkyl halides is 3. The lowest BCUT2D eigenvalue weighted by molar-refractivity contribution is -0.137. The van der Waals surface area contributed by atoms with Crippen LogP contribution in [0.1, 0.15) is 64.8 Å². The van der Waals surface area contributed by atoms with Gasteiger partial charge >= 0.3 is 6.18 Å². The van der Waals surface area contributed by atoms with Crippen LogP contribution in [-0.4, -0.2) is 63.2 Å². The molecule has 53 heavy (non-hydrogen) atoms. The molecule has 0 radical (unpaired) electrons. The Bertz CT molecular complexity index is 2280. The predicted octanol–water partition coefficient (Wildman–Crippen LogP) is 5.82. The first-order valence-electron chi connectivity index (χ1n) is 17.0. The Balaban J connectivity index is 1.27. The molecule has 1 fully saturated rings. The normalized spacial score (nSPS) is 16.6. The molecule has 0 saturated carbocycles. The highest BCUT2D eigenvalue weighted by Gasteiger charge is 2.49. The molecule has 2 N–H and O–H groups in total. The molecule has 1 aliphatic heterocycles. The Labute approximate surface area is 306 Å². The molecule has 3 aromatic heterocycles. The number of pyridine rings is 1. The van der Waals surface area contributed by atoms with Crippen molar-refractivity contribution in [3.05, 3.63) is 104 Å². The number of nitrogens with one attached hydrogen (secondary N) is 2. The van der Waals surface area contributed by atoms with Crippen LogP contribution in [0.3, 0.4) is 0 Å². The first-order valence-corrected chi connectivity index (χ1v) is 17.4. The molecule has 2 aromatic carbocycles. The van der Waals surface area contributed by atoms with Crippen molar-refractivity contribution in [1.82, 2.24) is 29.5 Å². The second-order valence-corrected chi connectivity index (χ2v) is 13.9. The summed E-state index contributed by atoms with van der Waals surface area (Å²) in [7, 11) is 3.17. The van der Waals surface area contributed by atoms with Crippen molar-refractivity contribution in [2.75, 3.05) is 37.5 Å². The lowest BCUT2D eigenvalue weighted by Crippen LogP contribution is -2.45. The number of carbonyl (C=O) groups excluding carboxylic acids is 2. The van der Waals surface area contributed by atoms with E-state index in [1.807, 2.05) is 31.2 Å². The number of ether oxygens (including phenoxy) is 1. The van der Waals surface area contributed by atoms with E-state index < -0.39 is 23.1 Å². The first-order chi connectivity index (χ1) is 25.3. The van der Waals surface area contributed by atoms with Crippen molar-refractivity contribution in [3.63, 3.8) is 0 Å². The van der Waals surface area contributed by atoms with Crippen LogP contribution in [0.5, 0.6) is 0 Å². The van der Waals surface area contributed by atoms with Gasteiger partial charge in [-0.2, -0.15) is 22.7 Å². The summed E-state index contributed by atoms with van der Waals surface area (Å²) in [6, 6.07) is 13.5. The van der Waals surface area contributed by atoms with Crippen LogP contribution >= 0.6 is 11.6 Å². The van der Waals surface area contributed by atoms with Crippen molar-refractivity contribution >= 4 is 40.7 Å². The zero-order valence-electron chi connectivity index (χ0n) is 29.1. The van der Waals surface area contributed by atoms with Crippen LogP contribution in [0.4, 0.5) is 24.7 Å². The number of nitrogens with zero attached hydrogens (tertiary/aromatic N) is 6. The fourth-order valence-corrected chi connectivity index (χ4v) is 7.91. The standard InChI is InChI=1S/C37H36ClF3N8O4/c1-21-18-36(11-14-47(15-12-36)28-16-24(10-13-43-28)33(51)42-2)30-31(21)48(19-29(50)44-27-9-8-25(17-26(27)38)37(39,40)41)35-45-32(46-49(35)34(30)52)23-6-4-22(5-7-23)20-53-3/h4-10,13,16-17,21H,11-12,14-15,18-20H2,1-3H3,(H,42,51)(H,44,50). The van der Waals surface area contributed by atoms with Crippen LogP contribution in [0.2, 0.25) is 5.02 Å². The minimum absolute atomic E-state index is 0.0164. The van der Waals surface area contributed by atoms with Gasteiger partial charge in [-0.3, -0.25) is 14.4 Å². The second kappa shape index (κ2) is 13.9. The van der Waals surface area contributed by atoms with E-state index >= 15 is 0 Å². The number of benzene rings is 2. The minimum atomic E-state index is -4.60. The van der Waals surface area contributed by atoms with E-state index in [0.29, 0.717) is 67.2 Å². The average Bonchev–Trinajstić information content (AvgIpc) is 3.71. The Morgan fingerprint density at radius 3 is 2.47 bits per heavy atom. The molecule has 1 saturated heterocycles. The number of fused-ring (bicyclic) bond motifs is 3. The quantitative estimate of drug-likeness (QED) is 0.203. The number of hydrogen-bond donors (Lipinski definition) is 2. The van der Waals surface area contributed by atoms with E-state index in [4.69, 9.17) is 21.3 Å². The predicted molar refractivity (Wildman–Crippen MR) is 192 cm³/mol. The molecule has 4 heterocycles. The summed E-state index contributed by atoms with van der Waals surface area (Å²) in [6.07, 6.45) is -1.15. The van der Waals surface area contributed by atoms with Crippen molar-refractivity contribution in [2.45, 2.75) is 56.8 Å². The van der Waals surface area contributed by atoms with Crippen LogP contribution in [0.25, 0.3) is 17.2 Å². The van der Waals surface area contributed by atoms with Gasteiger partial charge in [0.15, 0.2) is 5.82 Å². The number of methoxy groups -OCH3 is 1. The topological polar surface area (TPSA) is 136 Å².